The minimum atomic E-state index is -3.64. The van der Waals surface area contributed by atoms with Gasteiger partial charge in [0.2, 0.25) is 10.0 Å². The van der Waals surface area contributed by atoms with E-state index < -0.39 is 15.9 Å². The maximum Gasteiger partial charge on any atom is 0.276 e. The summed E-state index contributed by atoms with van der Waals surface area (Å²) in [5.41, 5.74) is 0.833. The number of anilines is 2. The van der Waals surface area contributed by atoms with Gasteiger partial charge >= 0.3 is 0 Å². The summed E-state index contributed by atoms with van der Waals surface area (Å²) in [5, 5.41) is 6.90. The first kappa shape index (κ1) is 23.0. The average molecular weight is 448 g/mol. The Labute approximate surface area is 182 Å². The standard InChI is InChI=1S/C21H29N5O4S/c1-4-12-26-20(27)11-9-17(23-26)21(28)22-18-15-16(8-10-19(18)24(2)3)31(29,30)25-13-6-5-7-14-25/h8-11,15H,4-7,12-14H2,1-3H3,(H,22,28). The molecule has 0 aliphatic carbocycles. The number of benzene rings is 1. The van der Waals surface area contributed by atoms with E-state index >= 15 is 0 Å². The molecule has 1 aliphatic heterocycles. The minimum Gasteiger partial charge on any atom is -0.376 e. The van der Waals surface area contributed by atoms with E-state index in [9.17, 15) is 18.0 Å². The van der Waals surface area contributed by atoms with Gasteiger partial charge in [-0.25, -0.2) is 13.1 Å². The average Bonchev–Trinajstić information content (AvgIpc) is 2.75. The summed E-state index contributed by atoms with van der Waals surface area (Å²) in [5.74, 6) is -0.513. The number of piperidine rings is 1. The zero-order valence-corrected chi connectivity index (χ0v) is 19.0. The Morgan fingerprint density at radius 1 is 1.13 bits per heavy atom. The van der Waals surface area contributed by atoms with Crippen molar-refractivity contribution < 1.29 is 13.2 Å². The summed E-state index contributed by atoms with van der Waals surface area (Å²) in [6.45, 7) is 3.33. The Balaban J connectivity index is 1.94. The van der Waals surface area contributed by atoms with Crippen LogP contribution in [0.15, 0.2) is 40.0 Å². The predicted octanol–water partition coefficient (Wildman–Crippen LogP) is 2.15. The van der Waals surface area contributed by atoms with Crippen LogP contribution >= 0.6 is 0 Å². The number of hydrogen-bond donors (Lipinski definition) is 1. The summed E-state index contributed by atoms with van der Waals surface area (Å²) < 4.78 is 28.9. The van der Waals surface area contributed by atoms with Crippen LogP contribution in [0.5, 0.6) is 0 Å². The van der Waals surface area contributed by atoms with Gasteiger partial charge in [0.25, 0.3) is 11.5 Å². The van der Waals surface area contributed by atoms with Gasteiger partial charge in [0, 0.05) is 39.8 Å². The smallest absolute Gasteiger partial charge is 0.276 e. The lowest BCUT2D eigenvalue weighted by molar-refractivity contribution is 0.101. The van der Waals surface area contributed by atoms with E-state index in [-0.39, 0.29) is 16.1 Å². The summed E-state index contributed by atoms with van der Waals surface area (Å²) in [4.78, 5) is 26.7. The van der Waals surface area contributed by atoms with Gasteiger partial charge in [0.15, 0.2) is 0 Å². The Bertz CT molecular complexity index is 1100. The van der Waals surface area contributed by atoms with E-state index in [1.807, 2.05) is 21.0 Å². The topological polar surface area (TPSA) is 105 Å². The van der Waals surface area contributed by atoms with Gasteiger partial charge in [-0.3, -0.25) is 9.59 Å². The van der Waals surface area contributed by atoms with Crippen LogP contribution in [0.1, 0.15) is 43.1 Å². The van der Waals surface area contributed by atoms with Crippen LogP contribution in [0.4, 0.5) is 11.4 Å². The normalized spacial score (nSPS) is 14.9. The Hall–Kier alpha value is -2.72. The molecule has 10 heteroatoms. The van der Waals surface area contributed by atoms with E-state index in [4.69, 9.17) is 0 Å². The molecule has 1 saturated heterocycles. The molecule has 31 heavy (non-hydrogen) atoms. The van der Waals surface area contributed by atoms with Gasteiger partial charge in [-0.1, -0.05) is 13.3 Å². The predicted molar refractivity (Wildman–Crippen MR) is 120 cm³/mol. The Morgan fingerprint density at radius 2 is 1.84 bits per heavy atom. The van der Waals surface area contributed by atoms with E-state index in [1.54, 1.807) is 17.0 Å². The number of aromatic nitrogens is 2. The molecule has 0 unspecified atom stereocenters. The number of amides is 1. The molecule has 0 saturated carbocycles. The van der Waals surface area contributed by atoms with Crippen molar-refractivity contribution in [2.75, 3.05) is 37.4 Å². The third-order valence-corrected chi connectivity index (χ3v) is 7.08. The van der Waals surface area contributed by atoms with Gasteiger partial charge in [0.1, 0.15) is 5.69 Å². The highest BCUT2D eigenvalue weighted by Gasteiger charge is 2.27. The minimum absolute atomic E-state index is 0.0852. The lowest BCUT2D eigenvalue weighted by atomic mass is 10.2. The molecule has 0 bridgehead atoms. The largest absolute Gasteiger partial charge is 0.376 e. The van der Waals surface area contributed by atoms with Crippen molar-refractivity contribution in [3.8, 4) is 0 Å². The van der Waals surface area contributed by atoms with Crippen LogP contribution in [-0.4, -0.2) is 55.6 Å². The molecule has 0 spiro atoms. The first-order chi connectivity index (χ1) is 14.7. The van der Waals surface area contributed by atoms with Gasteiger partial charge < -0.3 is 10.2 Å². The van der Waals surface area contributed by atoms with Crippen molar-refractivity contribution in [2.45, 2.75) is 44.0 Å². The number of aryl methyl sites for hydroxylation is 1. The second-order valence-electron chi connectivity index (χ2n) is 7.77. The molecular weight excluding hydrogens is 418 g/mol. The highest BCUT2D eigenvalue weighted by Crippen LogP contribution is 2.30. The van der Waals surface area contributed by atoms with E-state index in [2.05, 4.69) is 10.4 Å². The van der Waals surface area contributed by atoms with Crippen molar-refractivity contribution in [2.24, 2.45) is 0 Å². The Morgan fingerprint density at radius 3 is 2.48 bits per heavy atom. The molecule has 1 aromatic heterocycles. The Kier molecular flexibility index (Phi) is 7.11. The van der Waals surface area contributed by atoms with Gasteiger partial charge in [-0.15, -0.1) is 0 Å². The fraction of sp³-hybridized carbons (Fsp3) is 0.476. The molecule has 1 aromatic carbocycles. The highest BCUT2D eigenvalue weighted by atomic mass is 32.2. The van der Waals surface area contributed by atoms with Gasteiger partial charge in [0.05, 0.1) is 16.3 Å². The number of carbonyl (C=O) groups is 1. The van der Waals surface area contributed by atoms with Crippen LogP contribution in [-0.2, 0) is 16.6 Å². The first-order valence-electron chi connectivity index (χ1n) is 10.4. The SMILES string of the molecule is CCCn1nc(C(=O)Nc2cc(S(=O)(=O)N3CCCCC3)ccc2N(C)C)ccc1=O. The van der Waals surface area contributed by atoms with Crippen LogP contribution < -0.4 is 15.8 Å². The molecule has 2 heterocycles. The molecule has 0 atom stereocenters. The zero-order valence-electron chi connectivity index (χ0n) is 18.2. The summed E-state index contributed by atoms with van der Waals surface area (Å²) in [7, 11) is -0.0266. The van der Waals surface area contributed by atoms with Gasteiger partial charge in [-0.05, 0) is 43.5 Å². The van der Waals surface area contributed by atoms with Crippen LogP contribution in [0.2, 0.25) is 0 Å². The molecule has 1 N–H and O–H groups in total. The summed E-state index contributed by atoms with van der Waals surface area (Å²) in [6, 6.07) is 7.40. The molecule has 2 aromatic rings. The number of carbonyl (C=O) groups excluding carboxylic acids is 1. The van der Waals surface area contributed by atoms with Crippen molar-refractivity contribution in [1.29, 1.82) is 0 Å². The molecule has 1 fully saturated rings. The second-order valence-corrected chi connectivity index (χ2v) is 9.71. The molecule has 3 rings (SSSR count). The second kappa shape index (κ2) is 9.61. The molecule has 0 radical (unpaired) electrons. The zero-order chi connectivity index (χ0) is 22.6. The summed E-state index contributed by atoms with van der Waals surface area (Å²) in [6.07, 6.45) is 3.43. The monoisotopic (exact) mass is 447 g/mol. The maximum absolute atomic E-state index is 13.1. The number of nitrogens with one attached hydrogen (secondary N) is 1. The number of nitrogens with zero attached hydrogens (tertiary/aromatic N) is 4. The number of rotatable bonds is 7. The number of sulfonamides is 1. The van der Waals surface area contributed by atoms with Crippen molar-refractivity contribution in [1.82, 2.24) is 14.1 Å². The van der Waals surface area contributed by atoms with E-state index in [0.717, 1.165) is 19.3 Å². The van der Waals surface area contributed by atoms with Crippen LogP contribution in [0.3, 0.4) is 0 Å². The van der Waals surface area contributed by atoms with Crippen molar-refractivity contribution >= 4 is 27.3 Å². The molecule has 1 aliphatic rings. The third kappa shape index (κ3) is 5.13. The highest BCUT2D eigenvalue weighted by molar-refractivity contribution is 7.89. The van der Waals surface area contributed by atoms with Gasteiger partial charge in [-0.2, -0.15) is 9.40 Å². The fourth-order valence-corrected chi connectivity index (χ4v) is 5.09. The fourth-order valence-electron chi connectivity index (χ4n) is 3.55. The molecule has 1 amide bonds. The van der Waals surface area contributed by atoms with Crippen LogP contribution in [0.25, 0.3) is 0 Å². The molecule has 168 valence electrons. The lowest BCUT2D eigenvalue weighted by Crippen LogP contribution is -2.35. The lowest BCUT2D eigenvalue weighted by Gasteiger charge is -2.26. The molecule has 9 nitrogen and oxygen atoms in total. The molecular formula is C21H29N5O4S. The third-order valence-electron chi connectivity index (χ3n) is 5.19. The van der Waals surface area contributed by atoms with E-state index in [1.165, 1.54) is 27.2 Å². The quantitative estimate of drug-likeness (QED) is 0.697. The first-order valence-corrected chi connectivity index (χ1v) is 11.9. The van der Waals surface area contributed by atoms with Crippen LogP contribution in [0, 0.1) is 0 Å². The summed E-state index contributed by atoms with van der Waals surface area (Å²) >= 11 is 0. The number of hydrogen-bond acceptors (Lipinski definition) is 6. The van der Waals surface area contributed by atoms with Crippen molar-refractivity contribution in [3.05, 3.63) is 46.4 Å². The van der Waals surface area contributed by atoms with Crippen molar-refractivity contribution in [3.63, 3.8) is 0 Å². The maximum atomic E-state index is 13.1. The van der Waals surface area contributed by atoms with E-state index in [0.29, 0.717) is 37.4 Å².